The molecule has 2 aromatic rings. The molecule has 2 bridgehead atoms. The molecule has 0 spiro atoms. The molecular weight excluding hydrogens is 617 g/mol. The van der Waals surface area contributed by atoms with Crippen LogP contribution in [0.15, 0.2) is 39.1 Å². The molecule has 3 aliphatic rings. The van der Waals surface area contributed by atoms with Crippen LogP contribution in [0.5, 0.6) is 0 Å². The number of aldehydes is 1. The fourth-order valence-electron chi connectivity index (χ4n) is 6.81. The summed E-state index contributed by atoms with van der Waals surface area (Å²) in [6.07, 6.45) is 3.77. The van der Waals surface area contributed by atoms with Crippen molar-refractivity contribution in [2.24, 2.45) is 10.9 Å². The summed E-state index contributed by atoms with van der Waals surface area (Å²) in [5, 5.41) is 8.67. The first kappa shape index (κ1) is 35.3. The lowest BCUT2D eigenvalue weighted by Gasteiger charge is -2.26. The molecule has 12 heteroatoms. The van der Waals surface area contributed by atoms with Gasteiger partial charge in [0, 0.05) is 24.2 Å². The molecular formula is C36H46FN5O6. The maximum Gasteiger partial charge on any atom is 0.257 e. The Hall–Kier alpha value is -4.00. The van der Waals surface area contributed by atoms with Crippen LogP contribution in [0.25, 0.3) is 0 Å². The summed E-state index contributed by atoms with van der Waals surface area (Å²) in [7, 11) is 3.18. The highest BCUT2D eigenvalue weighted by Crippen LogP contribution is 2.36. The quantitative estimate of drug-likeness (QED) is 0.208. The minimum Gasteiger partial charge on any atom is -0.380 e. The van der Waals surface area contributed by atoms with Gasteiger partial charge in [0.2, 0.25) is 11.8 Å². The van der Waals surface area contributed by atoms with Crippen LogP contribution in [0.4, 0.5) is 10.1 Å². The number of nitrogens with one attached hydrogen (secondary N) is 3. The first-order valence-corrected chi connectivity index (χ1v) is 16.8. The molecule has 1 aromatic heterocycles. The third-order valence-electron chi connectivity index (χ3n) is 9.63. The van der Waals surface area contributed by atoms with Crippen molar-refractivity contribution in [3.8, 4) is 0 Å². The maximum atomic E-state index is 15.5. The van der Waals surface area contributed by atoms with Gasteiger partial charge in [-0.2, -0.15) is 0 Å². The highest BCUT2D eigenvalue weighted by Gasteiger charge is 2.39. The molecule has 11 nitrogen and oxygen atoms in total. The van der Waals surface area contributed by atoms with Gasteiger partial charge >= 0.3 is 0 Å². The number of fused-ring (bicyclic) bond motifs is 5. The fraction of sp³-hybridized carbons (Fsp3) is 0.528. The van der Waals surface area contributed by atoms with E-state index in [1.807, 2.05) is 32.9 Å². The molecule has 258 valence electrons. The van der Waals surface area contributed by atoms with Crippen LogP contribution in [0.2, 0.25) is 0 Å². The van der Waals surface area contributed by atoms with Crippen molar-refractivity contribution in [3.63, 3.8) is 0 Å². The van der Waals surface area contributed by atoms with Gasteiger partial charge in [0.15, 0.2) is 0 Å². The molecule has 2 amide bonds. The van der Waals surface area contributed by atoms with E-state index >= 15 is 4.39 Å². The van der Waals surface area contributed by atoms with E-state index in [0.29, 0.717) is 59.5 Å². The van der Waals surface area contributed by atoms with Gasteiger partial charge in [-0.25, -0.2) is 9.38 Å². The highest BCUT2D eigenvalue weighted by molar-refractivity contribution is 6.15. The number of methoxy groups -OCH3 is 1. The van der Waals surface area contributed by atoms with Crippen molar-refractivity contribution in [1.82, 2.24) is 20.5 Å². The van der Waals surface area contributed by atoms with Gasteiger partial charge in [-0.15, -0.1) is 0 Å². The monoisotopic (exact) mass is 663 g/mol. The summed E-state index contributed by atoms with van der Waals surface area (Å²) in [5.41, 5.74) is 5.23. The Morgan fingerprint density at radius 1 is 1.17 bits per heavy atom. The van der Waals surface area contributed by atoms with E-state index in [-0.39, 0.29) is 55.5 Å². The number of pyridine rings is 1. The molecule has 3 N–H and O–H groups in total. The van der Waals surface area contributed by atoms with Crippen LogP contribution in [-0.4, -0.2) is 68.0 Å². The van der Waals surface area contributed by atoms with Gasteiger partial charge in [-0.1, -0.05) is 13.8 Å². The van der Waals surface area contributed by atoms with Gasteiger partial charge in [0.1, 0.15) is 24.9 Å². The van der Waals surface area contributed by atoms with Crippen LogP contribution in [0.1, 0.15) is 80.3 Å². The molecule has 1 fully saturated rings. The van der Waals surface area contributed by atoms with Gasteiger partial charge in [-0.05, 0) is 98.9 Å². The summed E-state index contributed by atoms with van der Waals surface area (Å²) in [6, 6.07) is 4.68. The van der Waals surface area contributed by atoms with E-state index < -0.39 is 18.1 Å². The predicted molar refractivity (Wildman–Crippen MR) is 180 cm³/mol. The Morgan fingerprint density at radius 2 is 1.94 bits per heavy atom. The van der Waals surface area contributed by atoms with Crippen LogP contribution in [-0.2, 0) is 49.9 Å². The molecule has 2 aliphatic heterocycles. The van der Waals surface area contributed by atoms with Crippen molar-refractivity contribution in [1.29, 1.82) is 0 Å². The molecule has 3 atom stereocenters. The average Bonchev–Trinajstić information content (AvgIpc) is 3.84. The lowest BCUT2D eigenvalue weighted by Crippen LogP contribution is -2.46. The number of rotatable bonds is 14. The molecule has 1 saturated carbocycles. The third kappa shape index (κ3) is 7.35. The molecule has 48 heavy (non-hydrogen) atoms. The highest BCUT2D eigenvalue weighted by atomic mass is 19.1. The molecule has 0 saturated heterocycles. The zero-order chi connectivity index (χ0) is 34.5. The molecule has 3 heterocycles. The number of allylic oxidation sites excluding steroid dienone is 1. The third-order valence-corrected chi connectivity index (χ3v) is 9.63. The largest absolute Gasteiger partial charge is 0.380 e. The number of likely N-dealkylation sites (N-methyl/N-ethyl adjacent to an activating group) is 1. The fourth-order valence-corrected chi connectivity index (χ4v) is 6.81. The molecule has 5 rings (SSSR count). The van der Waals surface area contributed by atoms with E-state index in [9.17, 15) is 19.2 Å². The van der Waals surface area contributed by atoms with Gasteiger partial charge in [-0.3, -0.25) is 14.4 Å². The summed E-state index contributed by atoms with van der Waals surface area (Å²) < 4.78 is 28.4. The van der Waals surface area contributed by atoms with Crippen molar-refractivity contribution in [3.05, 3.63) is 73.5 Å². The van der Waals surface area contributed by atoms with E-state index in [1.54, 1.807) is 11.6 Å². The number of carbonyl (C=O) groups excluding carboxylic acids is 3. The number of aliphatic imine (C=N–C) groups is 1. The van der Waals surface area contributed by atoms with Crippen molar-refractivity contribution in [2.45, 2.75) is 90.5 Å². The van der Waals surface area contributed by atoms with Crippen LogP contribution >= 0.6 is 0 Å². The van der Waals surface area contributed by atoms with Crippen molar-refractivity contribution < 1.29 is 28.2 Å². The Morgan fingerprint density at radius 3 is 2.58 bits per heavy atom. The predicted octanol–water partition coefficient (Wildman–Crippen LogP) is 3.36. The van der Waals surface area contributed by atoms with Crippen molar-refractivity contribution in [2.75, 3.05) is 27.4 Å². The standard InChI is InChI=1S/C36H46FN5O6/c1-6-21(17-43)26-14-31-33-27(16-42(31)36(46)28(26)18-47-5)20(3)30(11-10-23-12-24(40-33)13-29(37)25(23)7-2)41-35(45)34(22-8-9-22)48-19-39-32(44)15-38-4/h12-14,17,21-22,30,34,38H,6-11,15-16,18-19H2,1-5H3,(H,39,44)(H,41,45)/b27-20+,40-33+. The van der Waals surface area contributed by atoms with Gasteiger partial charge in [0.05, 0.1) is 42.8 Å². The average molecular weight is 664 g/mol. The van der Waals surface area contributed by atoms with E-state index in [2.05, 4.69) is 16.0 Å². The number of hydrogen-bond acceptors (Lipinski definition) is 8. The van der Waals surface area contributed by atoms with Crippen LogP contribution in [0.3, 0.4) is 0 Å². The lowest BCUT2D eigenvalue weighted by molar-refractivity contribution is -0.137. The van der Waals surface area contributed by atoms with Gasteiger partial charge < -0.3 is 34.8 Å². The first-order valence-electron chi connectivity index (χ1n) is 16.8. The number of benzene rings is 1. The summed E-state index contributed by atoms with van der Waals surface area (Å²) in [5.74, 6) is -1.33. The molecule has 1 aliphatic carbocycles. The topological polar surface area (TPSA) is 140 Å². The Labute approximate surface area is 280 Å². The summed E-state index contributed by atoms with van der Waals surface area (Å²) in [4.78, 5) is 56.9. The molecule has 1 aromatic carbocycles. The summed E-state index contributed by atoms with van der Waals surface area (Å²) in [6.45, 7) is 6.02. The SMILES string of the molecule is CCc1c(F)cc2cc1CCC(NC(=O)C(OCNC(=O)CNC)C1CC1)/C(C)=C1\Cn3c(cc(C(C=O)CC)c(COC)c3=O)\C1=N\2. The minimum atomic E-state index is -0.745. The van der Waals surface area contributed by atoms with Gasteiger partial charge in [0.25, 0.3) is 5.56 Å². The second-order valence-corrected chi connectivity index (χ2v) is 12.8. The lowest BCUT2D eigenvalue weighted by atomic mass is 9.90. The van der Waals surface area contributed by atoms with Crippen LogP contribution < -0.4 is 21.5 Å². The molecule has 3 unspecified atom stereocenters. The van der Waals surface area contributed by atoms with Crippen molar-refractivity contribution >= 4 is 29.5 Å². The second-order valence-electron chi connectivity index (χ2n) is 12.8. The molecule has 0 radical (unpaired) electrons. The number of amides is 2. The first-order chi connectivity index (χ1) is 23.1. The normalized spacial score (nSPS) is 21.0. The second kappa shape index (κ2) is 15.5. The Bertz CT molecular complexity index is 1690. The number of halogens is 1. The Kier molecular flexibility index (Phi) is 11.4. The number of aromatic nitrogens is 1. The van der Waals surface area contributed by atoms with Crippen LogP contribution in [0, 0.1) is 11.7 Å². The number of ether oxygens (including phenoxy) is 2. The van der Waals surface area contributed by atoms with E-state index in [0.717, 1.165) is 35.8 Å². The zero-order valence-electron chi connectivity index (χ0n) is 28.4. The Balaban J connectivity index is 1.59. The smallest absolute Gasteiger partial charge is 0.257 e. The number of hydrogen-bond donors (Lipinski definition) is 3. The zero-order valence-corrected chi connectivity index (χ0v) is 28.4. The number of nitrogens with zero attached hydrogens (tertiary/aromatic N) is 2. The van der Waals surface area contributed by atoms with E-state index in [1.165, 1.54) is 13.2 Å². The number of aryl methyl sites for hydroxylation is 1. The number of carbonyl (C=O) groups is 3. The summed E-state index contributed by atoms with van der Waals surface area (Å²) >= 11 is 0. The van der Waals surface area contributed by atoms with E-state index in [4.69, 9.17) is 14.5 Å². The maximum absolute atomic E-state index is 15.5. The minimum absolute atomic E-state index is 0.0459.